The molecule has 0 saturated carbocycles. The molecule has 0 bridgehead atoms. The molecule has 0 spiro atoms. The van der Waals surface area contributed by atoms with Gasteiger partial charge in [-0.1, -0.05) is 56.3 Å². The lowest BCUT2D eigenvalue weighted by Crippen LogP contribution is -2.35. The first-order valence-electron chi connectivity index (χ1n) is 11.8. The summed E-state index contributed by atoms with van der Waals surface area (Å²) in [7, 11) is 0. The molecule has 0 atom stereocenters. The SMILES string of the molecule is CC(C)CC(=O)N1CCc2oc(-c3cccc(NC(=O)c4ccc5ccccc5c4)c3)cc2C1. The third-order valence-electron chi connectivity index (χ3n) is 6.22. The van der Waals surface area contributed by atoms with Crippen molar-refractivity contribution in [1.82, 2.24) is 4.90 Å². The third-order valence-corrected chi connectivity index (χ3v) is 6.22. The van der Waals surface area contributed by atoms with E-state index >= 15 is 0 Å². The van der Waals surface area contributed by atoms with Gasteiger partial charge in [0.15, 0.2) is 0 Å². The Bertz CT molecular complexity index is 1370. The van der Waals surface area contributed by atoms with Crippen molar-refractivity contribution in [3.63, 3.8) is 0 Å². The molecule has 5 rings (SSSR count). The molecule has 1 N–H and O–H groups in total. The number of hydrogen-bond acceptors (Lipinski definition) is 3. The maximum absolute atomic E-state index is 12.9. The fourth-order valence-electron chi connectivity index (χ4n) is 4.45. The van der Waals surface area contributed by atoms with Crippen LogP contribution in [0.2, 0.25) is 0 Å². The monoisotopic (exact) mass is 452 g/mol. The maximum Gasteiger partial charge on any atom is 0.255 e. The van der Waals surface area contributed by atoms with E-state index in [1.165, 1.54) is 0 Å². The molecule has 172 valence electrons. The molecule has 0 aliphatic carbocycles. The zero-order valence-electron chi connectivity index (χ0n) is 19.5. The lowest BCUT2D eigenvalue weighted by atomic mass is 10.0. The van der Waals surface area contributed by atoms with Gasteiger partial charge in [0.1, 0.15) is 11.5 Å². The summed E-state index contributed by atoms with van der Waals surface area (Å²) in [6.07, 6.45) is 1.29. The summed E-state index contributed by atoms with van der Waals surface area (Å²) in [4.78, 5) is 27.3. The van der Waals surface area contributed by atoms with Crippen molar-refractivity contribution in [2.75, 3.05) is 11.9 Å². The number of fused-ring (bicyclic) bond motifs is 2. The number of benzene rings is 3. The van der Waals surface area contributed by atoms with Gasteiger partial charge >= 0.3 is 0 Å². The van der Waals surface area contributed by atoms with Gasteiger partial charge in [0, 0.05) is 48.3 Å². The van der Waals surface area contributed by atoms with E-state index in [-0.39, 0.29) is 11.8 Å². The molecule has 1 aromatic heterocycles. The molecule has 0 radical (unpaired) electrons. The number of hydrogen-bond donors (Lipinski definition) is 1. The number of carbonyl (C=O) groups is 2. The van der Waals surface area contributed by atoms with Crippen molar-refractivity contribution in [2.45, 2.75) is 33.2 Å². The zero-order valence-corrected chi connectivity index (χ0v) is 19.5. The number of anilines is 1. The minimum absolute atomic E-state index is 0.152. The highest BCUT2D eigenvalue weighted by Crippen LogP contribution is 2.31. The topological polar surface area (TPSA) is 62.6 Å². The van der Waals surface area contributed by atoms with E-state index in [1.54, 1.807) is 0 Å². The van der Waals surface area contributed by atoms with Crippen LogP contribution in [0.3, 0.4) is 0 Å². The summed E-state index contributed by atoms with van der Waals surface area (Å²) >= 11 is 0. The van der Waals surface area contributed by atoms with Crippen LogP contribution in [0.15, 0.2) is 77.2 Å². The van der Waals surface area contributed by atoms with Gasteiger partial charge in [-0.15, -0.1) is 0 Å². The van der Waals surface area contributed by atoms with Crippen LogP contribution in [0.25, 0.3) is 22.1 Å². The van der Waals surface area contributed by atoms with Crippen molar-refractivity contribution >= 4 is 28.3 Å². The molecule has 3 aromatic carbocycles. The van der Waals surface area contributed by atoms with Crippen LogP contribution in [0.4, 0.5) is 5.69 Å². The fourth-order valence-corrected chi connectivity index (χ4v) is 4.45. The molecule has 34 heavy (non-hydrogen) atoms. The third kappa shape index (κ3) is 4.60. The smallest absolute Gasteiger partial charge is 0.255 e. The standard InChI is InChI=1S/C29H28N2O3/c1-19(2)14-28(32)31-13-12-26-24(18-31)17-27(34-26)22-8-5-9-25(16-22)30-29(33)23-11-10-20-6-3-4-7-21(20)15-23/h3-11,15-17,19H,12-14,18H2,1-2H3,(H,30,33). The molecule has 2 heterocycles. The van der Waals surface area contributed by atoms with Crippen LogP contribution in [0.5, 0.6) is 0 Å². The van der Waals surface area contributed by atoms with Crippen LogP contribution in [-0.4, -0.2) is 23.3 Å². The Hall–Kier alpha value is -3.86. The second-order valence-corrected chi connectivity index (χ2v) is 9.32. The summed E-state index contributed by atoms with van der Waals surface area (Å²) in [6, 6.07) is 23.4. The van der Waals surface area contributed by atoms with Gasteiger partial charge < -0.3 is 14.6 Å². The molecule has 0 fully saturated rings. The fraction of sp³-hybridized carbons (Fsp3) is 0.241. The van der Waals surface area contributed by atoms with Crippen LogP contribution < -0.4 is 5.32 Å². The van der Waals surface area contributed by atoms with E-state index in [2.05, 4.69) is 19.2 Å². The van der Waals surface area contributed by atoms with Gasteiger partial charge in [0.05, 0.1) is 0 Å². The predicted octanol–water partition coefficient (Wildman–Crippen LogP) is 6.28. The van der Waals surface area contributed by atoms with Gasteiger partial charge in [0.25, 0.3) is 5.91 Å². The highest BCUT2D eigenvalue weighted by molar-refractivity contribution is 6.06. The Morgan fingerprint density at radius 3 is 2.62 bits per heavy atom. The van der Waals surface area contributed by atoms with Gasteiger partial charge in [-0.25, -0.2) is 0 Å². The average Bonchev–Trinajstić information content (AvgIpc) is 3.27. The lowest BCUT2D eigenvalue weighted by molar-refractivity contribution is -0.132. The number of nitrogens with one attached hydrogen (secondary N) is 1. The summed E-state index contributed by atoms with van der Waals surface area (Å²) in [6.45, 7) is 5.40. The molecule has 5 heteroatoms. The van der Waals surface area contributed by atoms with E-state index in [0.29, 0.717) is 36.7 Å². The Morgan fingerprint density at radius 2 is 1.79 bits per heavy atom. The molecule has 1 aliphatic rings. The summed E-state index contributed by atoms with van der Waals surface area (Å²) in [5, 5.41) is 5.14. The quantitative estimate of drug-likeness (QED) is 0.387. The Labute approximate surface area is 199 Å². The number of nitrogens with zero attached hydrogens (tertiary/aromatic N) is 1. The average molecular weight is 453 g/mol. The van der Waals surface area contributed by atoms with Crippen molar-refractivity contribution in [3.8, 4) is 11.3 Å². The van der Waals surface area contributed by atoms with E-state index in [0.717, 1.165) is 39.8 Å². The van der Waals surface area contributed by atoms with Crippen molar-refractivity contribution < 1.29 is 14.0 Å². The second-order valence-electron chi connectivity index (χ2n) is 9.32. The molecule has 2 amide bonds. The number of carbonyl (C=O) groups excluding carboxylic acids is 2. The van der Waals surface area contributed by atoms with E-state index in [1.807, 2.05) is 77.7 Å². The normalized spacial score (nSPS) is 13.2. The maximum atomic E-state index is 12.9. The van der Waals surface area contributed by atoms with E-state index in [9.17, 15) is 9.59 Å². The Balaban J connectivity index is 1.32. The molecule has 1 aliphatic heterocycles. The van der Waals surface area contributed by atoms with E-state index < -0.39 is 0 Å². The van der Waals surface area contributed by atoms with Crippen LogP contribution >= 0.6 is 0 Å². The number of rotatable bonds is 5. The summed E-state index contributed by atoms with van der Waals surface area (Å²) in [5.74, 6) is 2.09. The molecule has 5 nitrogen and oxygen atoms in total. The second kappa shape index (κ2) is 9.18. The van der Waals surface area contributed by atoms with Gasteiger partial charge in [-0.2, -0.15) is 0 Å². The van der Waals surface area contributed by atoms with Crippen molar-refractivity contribution in [1.29, 1.82) is 0 Å². The highest BCUT2D eigenvalue weighted by atomic mass is 16.3. The first-order valence-corrected chi connectivity index (χ1v) is 11.8. The highest BCUT2D eigenvalue weighted by Gasteiger charge is 2.24. The van der Waals surface area contributed by atoms with Gasteiger partial charge in [0.2, 0.25) is 5.91 Å². The molecule has 4 aromatic rings. The molecule has 0 saturated heterocycles. The van der Waals surface area contributed by atoms with Crippen molar-refractivity contribution in [3.05, 3.63) is 89.7 Å². The lowest BCUT2D eigenvalue weighted by Gasteiger charge is -2.26. The minimum Gasteiger partial charge on any atom is -0.461 e. The zero-order chi connectivity index (χ0) is 23.7. The summed E-state index contributed by atoms with van der Waals surface area (Å²) < 4.78 is 6.14. The van der Waals surface area contributed by atoms with E-state index in [4.69, 9.17) is 4.42 Å². The van der Waals surface area contributed by atoms with Crippen LogP contribution in [0.1, 0.15) is 41.9 Å². The number of amides is 2. The first-order chi connectivity index (χ1) is 16.5. The molecular weight excluding hydrogens is 424 g/mol. The van der Waals surface area contributed by atoms with Crippen LogP contribution in [0, 0.1) is 5.92 Å². The Morgan fingerprint density at radius 1 is 0.971 bits per heavy atom. The van der Waals surface area contributed by atoms with Crippen LogP contribution in [-0.2, 0) is 17.8 Å². The van der Waals surface area contributed by atoms with Gasteiger partial charge in [-0.05, 0) is 47.0 Å². The molecule has 0 unspecified atom stereocenters. The molecular formula is C29H28N2O3. The minimum atomic E-state index is -0.152. The Kier molecular flexibility index (Phi) is 5.93. The largest absolute Gasteiger partial charge is 0.461 e. The predicted molar refractivity (Wildman–Crippen MR) is 135 cm³/mol. The number of furan rings is 1. The summed E-state index contributed by atoms with van der Waals surface area (Å²) in [5.41, 5.74) is 3.28. The first kappa shape index (κ1) is 22.0. The van der Waals surface area contributed by atoms with Crippen molar-refractivity contribution in [2.24, 2.45) is 5.92 Å². The van der Waals surface area contributed by atoms with Gasteiger partial charge in [-0.3, -0.25) is 9.59 Å².